The average Bonchev–Trinajstić information content (AvgIpc) is 3.16. The molecule has 2 N–H and O–H groups in total. The lowest BCUT2D eigenvalue weighted by Gasteiger charge is -2.36. The summed E-state index contributed by atoms with van der Waals surface area (Å²) in [6, 6.07) is 8.47. The highest BCUT2D eigenvalue weighted by Gasteiger charge is 2.59. The summed E-state index contributed by atoms with van der Waals surface area (Å²) >= 11 is 0. The predicted octanol–water partition coefficient (Wildman–Crippen LogP) is 0.295. The van der Waals surface area contributed by atoms with Crippen LogP contribution in [0.1, 0.15) is 12.8 Å². The molecule has 3 heterocycles. The molecular formula is C14H15N7O2. The van der Waals surface area contributed by atoms with Crippen LogP contribution in [0.5, 0.6) is 0 Å². The minimum atomic E-state index is -0.956. The van der Waals surface area contributed by atoms with Gasteiger partial charge in [-0.2, -0.15) is 5.21 Å². The lowest BCUT2D eigenvalue weighted by molar-refractivity contribution is -0.122. The number of amides is 3. The summed E-state index contributed by atoms with van der Waals surface area (Å²) in [6.07, 6.45) is 1.02. The molecule has 0 aliphatic carbocycles. The maximum absolute atomic E-state index is 13.1. The van der Waals surface area contributed by atoms with Crippen LogP contribution in [0.15, 0.2) is 30.3 Å². The summed E-state index contributed by atoms with van der Waals surface area (Å²) < 4.78 is 0. The van der Waals surface area contributed by atoms with E-state index in [1.165, 1.54) is 9.80 Å². The van der Waals surface area contributed by atoms with Crippen LogP contribution in [0.25, 0.3) is 0 Å². The van der Waals surface area contributed by atoms with E-state index in [-0.39, 0.29) is 11.9 Å². The van der Waals surface area contributed by atoms with E-state index in [4.69, 9.17) is 0 Å². The Hall–Kier alpha value is -2.81. The number of H-pyrrole nitrogens is 1. The zero-order valence-electron chi connectivity index (χ0n) is 12.3. The zero-order chi connectivity index (χ0) is 15.9. The highest BCUT2D eigenvalue weighted by molar-refractivity contribution is 6.30. The van der Waals surface area contributed by atoms with Crippen LogP contribution in [0.4, 0.5) is 16.4 Å². The molecule has 2 fully saturated rings. The summed E-state index contributed by atoms with van der Waals surface area (Å²) in [6.45, 7) is 1.30. The Bertz CT molecular complexity index is 725. The van der Waals surface area contributed by atoms with E-state index in [0.717, 1.165) is 0 Å². The molecule has 0 unspecified atom stereocenters. The van der Waals surface area contributed by atoms with Crippen LogP contribution in [0.3, 0.4) is 0 Å². The smallest absolute Gasteiger partial charge is 0.317 e. The first-order valence-electron chi connectivity index (χ1n) is 7.42. The highest BCUT2D eigenvalue weighted by Crippen LogP contribution is 2.39. The molecule has 9 nitrogen and oxygen atoms in total. The van der Waals surface area contributed by atoms with Gasteiger partial charge in [0.25, 0.3) is 11.9 Å². The number of carbonyl (C=O) groups excluding carboxylic acids is 2. The molecule has 0 radical (unpaired) electrons. The predicted molar refractivity (Wildman–Crippen MR) is 80.8 cm³/mol. The molecule has 1 aromatic heterocycles. The van der Waals surface area contributed by atoms with Gasteiger partial charge < -0.3 is 5.32 Å². The number of hydrogen-bond donors (Lipinski definition) is 2. The number of aromatic amines is 1. The van der Waals surface area contributed by atoms with Gasteiger partial charge in [-0.3, -0.25) is 4.79 Å². The number of tetrazole rings is 1. The molecule has 2 aromatic rings. The normalized spacial score (nSPS) is 20.5. The van der Waals surface area contributed by atoms with E-state index in [2.05, 4.69) is 25.9 Å². The summed E-state index contributed by atoms with van der Waals surface area (Å²) in [4.78, 5) is 28.7. The molecule has 2 aliphatic rings. The molecule has 118 valence electrons. The highest BCUT2D eigenvalue weighted by atomic mass is 16.2. The first-order valence-corrected chi connectivity index (χ1v) is 7.42. The fourth-order valence-corrected chi connectivity index (χ4v) is 3.28. The molecule has 0 bridgehead atoms. The third-order valence-corrected chi connectivity index (χ3v) is 4.39. The average molecular weight is 313 g/mol. The lowest BCUT2D eigenvalue weighted by atomic mass is 9.87. The first-order chi connectivity index (χ1) is 11.2. The van der Waals surface area contributed by atoms with Gasteiger partial charge in [0.2, 0.25) is 0 Å². The topological polar surface area (TPSA) is 107 Å². The molecule has 9 heteroatoms. The number of imide groups is 1. The number of aromatic nitrogens is 4. The second-order valence-corrected chi connectivity index (χ2v) is 5.59. The second-order valence-electron chi connectivity index (χ2n) is 5.59. The Morgan fingerprint density at radius 3 is 2.48 bits per heavy atom. The van der Waals surface area contributed by atoms with Crippen LogP contribution in [0.2, 0.25) is 0 Å². The molecule has 4 rings (SSSR count). The number of nitrogens with one attached hydrogen (secondary N) is 2. The quantitative estimate of drug-likeness (QED) is 0.772. The van der Waals surface area contributed by atoms with Crippen LogP contribution in [-0.4, -0.2) is 51.2 Å². The van der Waals surface area contributed by atoms with Crippen molar-refractivity contribution in [2.24, 2.45) is 0 Å². The SMILES string of the molecule is O=C1N(c2ccccc2)C(=O)C2(CCNCC2)N1c1nn[nH]n1. The van der Waals surface area contributed by atoms with E-state index in [9.17, 15) is 9.59 Å². The fourth-order valence-electron chi connectivity index (χ4n) is 3.28. The summed E-state index contributed by atoms with van der Waals surface area (Å²) in [5.74, 6) is -0.108. The van der Waals surface area contributed by atoms with Crippen molar-refractivity contribution in [3.05, 3.63) is 30.3 Å². The monoisotopic (exact) mass is 313 g/mol. The Balaban J connectivity index is 1.83. The number of hydrogen-bond acceptors (Lipinski definition) is 6. The van der Waals surface area contributed by atoms with Gasteiger partial charge in [-0.05, 0) is 43.3 Å². The molecular weight excluding hydrogens is 298 g/mol. The van der Waals surface area contributed by atoms with E-state index in [0.29, 0.717) is 31.6 Å². The van der Waals surface area contributed by atoms with Gasteiger partial charge in [-0.1, -0.05) is 23.3 Å². The van der Waals surface area contributed by atoms with Crippen molar-refractivity contribution >= 4 is 23.6 Å². The molecule has 3 amide bonds. The van der Waals surface area contributed by atoms with Crippen LogP contribution in [0, 0.1) is 0 Å². The zero-order valence-corrected chi connectivity index (χ0v) is 12.3. The standard InChI is InChI=1S/C14H15N7O2/c22-11-14(6-8-15-9-7-14)21(12-16-18-19-17-12)13(23)20(11)10-4-2-1-3-5-10/h1-5,15H,6-9H2,(H,16,17,18,19). The number of carbonyl (C=O) groups is 2. The molecule has 2 aliphatic heterocycles. The van der Waals surface area contributed by atoms with Crippen LogP contribution in [-0.2, 0) is 4.79 Å². The summed E-state index contributed by atoms with van der Waals surface area (Å²) in [5, 5.41) is 16.9. The van der Waals surface area contributed by atoms with Gasteiger partial charge in [-0.25, -0.2) is 14.6 Å². The number of urea groups is 1. The first kappa shape index (κ1) is 13.8. The van der Waals surface area contributed by atoms with E-state index in [1.54, 1.807) is 24.3 Å². The molecule has 0 saturated carbocycles. The van der Waals surface area contributed by atoms with Gasteiger partial charge in [0.15, 0.2) is 0 Å². The third-order valence-electron chi connectivity index (χ3n) is 4.39. The van der Waals surface area contributed by atoms with Crippen molar-refractivity contribution < 1.29 is 9.59 Å². The third kappa shape index (κ3) is 1.93. The fraction of sp³-hybridized carbons (Fsp3) is 0.357. The molecule has 2 saturated heterocycles. The van der Waals surface area contributed by atoms with Crippen LogP contribution >= 0.6 is 0 Å². The van der Waals surface area contributed by atoms with Gasteiger partial charge in [0, 0.05) is 0 Å². The van der Waals surface area contributed by atoms with Gasteiger partial charge >= 0.3 is 6.03 Å². The lowest BCUT2D eigenvalue weighted by Crippen LogP contribution is -2.56. The summed E-state index contributed by atoms with van der Waals surface area (Å²) in [5.41, 5.74) is -0.409. The number of benzene rings is 1. The number of piperidine rings is 1. The summed E-state index contributed by atoms with van der Waals surface area (Å²) in [7, 11) is 0. The number of nitrogens with zero attached hydrogens (tertiary/aromatic N) is 5. The maximum atomic E-state index is 13.1. The number of para-hydroxylation sites is 1. The van der Waals surface area contributed by atoms with Gasteiger partial charge in [0.1, 0.15) is 5.54 Å². The number of rotatable bonds is 2. The van der Waals surface area contributed by atoms with Crippen molar-refractivity contribution in [2.45, 2.75) is 18.4 Å². The largest absolute Gasteiger partial charge is 0.339 e. The van der Waals surface area contributed by atoms with Crippen molar-refractivity contribution in [1.29, 1.82) is 0 Å². The molecule has 23 heavy (non-hydrogen) atoms. The van der Waals surface area contributed by atoms with Gasteiger partial charge in [-0.15, -0.1) is 5.10 Å². The van der Waals surface area contributed by atoms with Crippen LogP contribution < -0.4 is 15.1 Å². The second kappa shape index (κ2) is 5.13. The minimum absolute atomic E-state index is 0.128. The Morgan fingerprint density at radius 1 is 1.09 bits per heavy atom. The van der Waals surface area contributed by atoms with Crippen molar-refractivity contribution in [2.75, 3.05) is 22.9 Å². The Labute approximate surface area is 131 Å². The van der Waals surface area contributed by atoms with E-state index >= 15 is 0 Å². The van der Waals surface area contributed by atoms with E-state index < -0.39 is 11.6 Å². The molecule has 1 spiro atoms. The van der Waals surface area contributed by atoms with Crippen molar-refractivity contribution in [3.8, 4) is 0 Å². The molecule has 1 aromatic carbocycles. The Kier molecular flexibility index (Phi) is 3.08. The molecule has 0 atom stereocenters. The van der Waals surface area contributed by atoms with Crippen molar-refractivity contribution in [3.63, 3.8) is 0 Å². The number of anilines is 2. The van der Waals surface area contributed by atoms with E-state index in [1.807, 2.05) is 6.07 Å². The maximum Gasteiger partial charge on any atom is 0.339 e. The van der Waals surface area contributed by atoms with Crippen molar-refractivity contribution in [1.82, 2.24) is 25.9 Å². The minimum Gasteiger partial charge on any atom is -0.317 e. The Morgan fingerprint density at radius 2 is 1.83 bits per heavy atom. The van der Waals surface area contributed by atoms with Gasteiger partial charge in [0.05, 0.1) is 5.69 Å².